The van der Waals surface area contributed by atoms with Crippen LogP contribution in [0.5, 0.6) is 0 Å². The van der Waals surface area contributed by atoms with Gasteiger partial charge >= 0.3 is 0 Å². The van der Waals surface area contributed by atoms with Crippen molar-refractivity contribution in [2.45, 2.75) is 26.8 Å². The molecule has 0 saturated heterocycles. The summed E-state index contributed by atoms with van der Waals surface area (Å²) in [4.78, 5) is 11.8. The molecule has 0 saturated carbocycles. The first-order chi connectivity index (χ1) is 12.8. The summed E-state index contributed by atoms with van der Waals surface area (Å²) < 4.78 is 0. The van der Waals surface area contributed by atoms with E-state index in [4.69, 9.17) is 9.97 Å². The number of rotatable bonds is 8. The maximum atomic E-state index is 4.77. The normalized spacial score (nSPS) is 10.5. The Morgan fingerprint density at radius 1 is 0.885 bits per heavy atom. The third-order valence-electron chi connectivity index (χ3n) is 4.24. The monoisotopic (exact) mass is 346 g/mol. The first kappa shape index (κ1) is 17.9. The zero-order valence-electron chi connectivity index (χ0n) is 15.5. The summed E-state index contributed by atoms with van der Waals surface area (Å²) >= 11 is 0. The van der Waals surface area contributed by atoms with E-state index in [1.807, 2.05) is 24.3 Å². The van der Waals surface area contributed by atoms with Crippen LogP contribution in [0.25, 0.3) is 11.3 Å². The fraction of sp³-hybridized carbons (Fsp3) is 0.273. The van der Waals surface area contributed by atoms with Gasteiger partial charge in [-0.25, -0.2) is 4.98 Å². The summed E-state index contributed by atoms with van der Waals surface area (Å²) in [6.07, 6.45) is 1.04. The fourth-order valence-electron chi connectivity index (χ4n) is 2.83. The van der Waals surface area contributed by atoms with Gasteiger partial charge in [0, 0.05) is 31.3 Å². The number of nitrogens with one attached hydrogen (secondary N) is 1. The second-order valence-corrected chi connectivity index (χ2v) is 6.23. The highest BCUT2D eigenvalue weighted by molar-refractivity contribution is 5.64. The highest BCUT2D eigenvalue weighted by Gasteiger charge is 2.12. The van der Waals surface area contributed by atoms with E-state index in [-0.39, 0.29) is 0 Å². The second kappa shape index (κ2) is 8.99. The quantitative estimate of drug-likeness (QED) is 0.624. The van der Waals surface area contributed by atoms with Gasteiger partial charge in [0.25, 0.3) is 0 Å². The molecule has 1 N–H and O–H groups in total. The molecule has 4 heteroatoms. The second-order valence-electron chi connectivity index (χ2n) is 6.23. The van der Waals surface area contributed by atoms with Crippen LogP contribution in [0.4, 0.5) is 11.8 Å². The third kappa shape index (κ3) is 4.60. The number of anilines is 2. The van der Waals surface area contributed by atoms with E-state index < -0.39 is 0 Å². The van der Waals surface area contributed by atoms with Gasteiger partial charge in [0.2, 0.25) is 5.95 Å². The van der Waals surface area contributed by atoms with Crippen molar-refractivity contribution < 1.29 is 0 Å². The van der Waals surface area contributed by atoms with Crippen molar-refractivity contribution in [3.05, 3.63) is 72.3 Å². The molecular weight excluding hydrogens is 320 g/mol. The minimum Gasteiger partial charge on any atom is -0.354 e. The van der Waals surface area contributed by atoms with Gasteiger partial charge in [0.15, 0.2) is 0 Å². The summed E-state index contributed by atoms with van der Waals surface area (Å²) in [5, 5.41) is 3.34. The molecule has 1 heterocycles. The Morgan fingerprint density at radius 2 is 1.58 bits per heavy atom. The molecule has 0 radical (unpaired) electrons. The number of aromatic nitrogens is 2. The van der Waals surface area contributed by atoms with Gasteiger partial charge < -0.3 is 10.2 Å². The molecule has 1 aromatic heterocycles. The Bertz CT molecular complexity index is 803. The first-order valence-electron chi connectivity index (χ1n) is 9.27. The number of hydrogen-bond donors (Lipinski definition) is 1. The Morgan fingerprint density at radius 3 is 2.23 bits per heavy atom. The summed E-state index contributed by atoms with van der Waals surface area (Å²) in [6.45, 7) is 6.88. The van der Waals surface area contributed by atoms with Crippen molar-refractivity contribution in [1.82, 2.24) is 9.97 Å². The lowest BCUT2D eigenvalue weighted by Gasteiger charge is -2.23. The molecule has 0 amide bonds. The molecule has 0 atom stereocenters. The van der Waals surface area contributed by atoms with Crippen LogP contribution in [0, 0.1) is 0 Å². The van der Waals surface area contributed by atoms with Crippen LogP contribution in [0.2, 0.25) is 0 Å². The standard InChI is InChI=1S/C22H26N4/c1-3-15-23-22-24-20(19-13-9-6-10-14-19)16-21(25-22)26(4-2)17-18-11-7-5-8-12-18/h5-14,16H,3-4,15,17H2,1-2H3,(H,23,24,25). The molecule has 3 rings (SSSR count). The molecule has 26 heavy (non-hydrogen) atoms. The largest absolute Gasteiger partial charge is 0.354 e. The highest BCUT2D eigenvalue weighted by Crippen LogP contribution is 2.24. The van der Waals surface area contributed by atoms with Gasteiger partial charge in [0.1, 0.15) is 5.82 Å². The maximum Gasteiger partial charge on any atom is 0.225 e. The Hall–Kier alpha value is -2.88. The van der Waals surface area contributed by atoms with Gasteiger partial charge in [-0.3, -0.25) is 0 Å². The Labute approximate surface area is 155 Å². The molecular formula is C22H26N4. The molecule has 3 aromatic rings. The molecule has 0 aliphatic carbocycles. The molecule has 4 nitrogen and oxygen atoms in total. The highest BCUT2D eigenvalue weighted by atomic mass is 15.2. The summed E-state index contributed by atoms with van der Waals surface area (Å²) in [5.41, 5.74) is 3.32. The molecule has 0 aliphatic heterocycles. The van der Waals surface area contributed by atoms with Crippen LogP contribution < -0.4 is 10.2 Å². The Kier molecular flexibility index (Phi) is 6.20. The summed E-state index contributed by atoms with van der Waals surface area (Å²) in [5.74, 6) is 1.64. The fourth-order valence-corrected chi connectivity index (χ4v) is 2.83. The number of hydrogen-bond acceptors (Lipinski definition) is 4. The maximum absolute atomic E-state index is 4.77. The minimum absolute atomic E-state index is 0.690. The minimum atomic E-state index is 0.690. The predicted octanol–water partition coefficient (Wildman–Crippen LogP) is 4.99. The average Bonchev–Trinajstić information content (AvgIpc) is 2.71. The third-order valence-corrected chi connectivity index (χ3v) is 4.24. The molecule has 0 fully saturated rings. The lowest BCUT2D eigenvalue weighted by Crippen LogP contribution is -2.24. The molecule has 0 bridgehead atoms. The van der Waals surface area contributed by atoms with E-state index in [0.717, 1.165) is 43.1 Å². The van der Waals surface area contributed by atoms with Crippen LogP contribution in [-0.2, 0) is 6.54 Å². The molecule has 2 aromatic carbocycles. The van der Waals surface area contributed by atoms with E-state index in [0.29, 0.717) is 5.95 Å². The van der Waals surface area contributed by atoms with Gasteiger partial charge in [-0.05, 0) is 18.9 Å². The van der Waals surface area contributed by atoms with E-state index in [1.54, 1.807) is 0 Å². The van der Waals surface area contributed by atoms with Crippen LogP contribution in [0.15, 0.2) is 66.7 Å². The van der Waals surface area contributed by atoms with Crippen molar-refractivity contribution in [3.63, 3.8) is 0 Å². The van der Waals surface area contributed by atoms with Crippen LogP contribution in [-0.4, -0.2) is 23.1 Å². The molecule has 0 aliphatic rings. The number of benzene rings is 2. The molecule has 0 unspecified atom stereocenters. The van der Waals surface area contributed by atoms with Crippen molar-refractivity contribution in [1.29, 1.82) is 0 Å². The lowest BCUT2D eigenvalue weighted by molar-refractivity contribution is 0.809. The first-order valence-corrected chi connectivity index (χ1v) is 9.27. The lowest BCUT2D eigenvalue weighted by atomic mass is 10.1. The predicted molar refractivity (Wildman–Crippen MR) is 109 cm³/mol. The molecule has 134 valence electrons. The van der Waals surface area contributed by atoms with Crippen LogP contribution >= 0.6 is 0 Å². The van der Waals surface area contributed by atoms with Crippen molar-refractivity contribution in [3.8, 4) is 11.3 Å². The average molecular weight is 346 g/mol. The van der Waals surface area contributed by atoms with Crippen molar-refractivity contribution >= 4 is 11.8 Å². The van der Waals surface area contributed by atoms with Gasteiger partial charge in [-0.15, -0.1) is 0 Å². The van der Waals surface area contributed by atoms with Gasteiger partial charge in [-0.2, -0.15) is 4.98 Å². The number of nitrogens with zero attached hydrogens (tertiary/aromatic N) is 3. The topological polar surface area (TPSA) is 41.1 Å². The Balaban J connectivity index is 1.95. The SMILES string of the molecule is CCCNc1nc(-c2ccccc2)cc(N(CC)Cc2ccccc2)n1. The van der Waals surface area contributed by atoms with Crippen LogP contribution in [0.1, 0.15) is 25.8 Å². The van der Waals surface area contributed by atoms with E-state index in [1.165, 1.54) is 5.56 Å². The zero-order chi connectivity index (χ0) is 18.2. The smallest absolute Gasteiger partial charge is 0.225 e. The van der Waals surface area contributed by atoms with E-state index in [2.05, 4.69) is 66.5 Å². The van der Waals surface area contributed by atoms with Gasteiger partial charge in [0.05, 0.1) is 5.69 Å². The zero-order valence-corrected chi connectivity index (χ0v) is 15.5. The van der Waals surface area contributed by atoms with Gasteiger partial charge in [-0.1, -0.05) is 67.6 Å². The van der Waals surface area contributed by atoms with Crippen LogP contribution in [0.3, 0.4) is 0 Å². The van der Waals surface area contributed by atoms with E-state index >= 15 is 0 Å². The van der Waals surface area contributed by atoms with E-state index in [9.17, 15) is 0 Å². The summed E-state index contributed by atoms with van der Waals surface area (Å²) in [6, 6.07) is 22.9. The molecule has 0 spiro atoms. The summed E-state index contributed by atoms with van der Waals surface area (Å²) in [7, 11) is 0. The van der Waals surface area contributed by atoms with Crippen molar-refractivity contribution in [2.24, 2.45) is 0 Å². The van der Waals surface area contributed by atoms with Crippen molar-refractivity contribution in [2.75, 3.05) is 23.3 Å².